The molecule has 7 heteroatoms. The predicted molar refractivity (Wildman–Crippen MR) is 119 cm³/mol. The van der Waals surface area contributed by atoms with E-state index in [-0.39, 0.29) is 10.6 Å². The predicted octanol–water partition coefficient (Wildman–Crippen LogP) is 6.35. The zero-order chi connectivity index (χ0) is 20.3. The van der Waals surface area contributed by atoms with Gasteiger partial charge in [0.1, 0.15) is 4.90 Å². The molecule has 0 fully saturated rings. The molecule has 0 aliphatic carbocycles. The molecule has 3 aromatic carbocycles. The van der Waals surface area contributed by atoms with Crippen LogP contribution in [0.25, 0.3) is 0 Å². The van der Waals surface area contributed by atoms with E-state index in [2.05, 4.69) is 36.9 Å². The van der Waals surface area contributed by atoms with E-state index >= 15 is 0 Å². The first-order chi connectivity index (χ1) is 13.3. The number of halogens is 2. The molecule has 0 unspecified atom stereocenters. The summed E-state index contributed by atoms with van der Waals surface area (Å²) in [7, 11) is -3.93. The summed E-state index contributed by atoms with van der Waals surface area (Å²) < 4.78 is 31.3. The van der Waals surface area contributed by atoms with Crippen molar-refractivity contribution in [2.45, 2.75) is 18.7 Å². The van der Waals surface area contributed by atoms with Crippen molar-refractivity contribution in [3.8, 4) is 5.75 Å². The third kappa shape index (κ3) is 4.71. The summed E-state index contributed by atoms with van der Waals surface area (Å²) in [6.45, 7) is 4.07. The van der Waals surface area contributed by atoms with Crippen molar-refractivity contribution in [3.05, 3.63) is 86.3 Å². The Morgan fingerprint density at radius 1 is 0.929 bits per heavy atom. The van der Waals surface area contributed by atoms with Crippen LogP contribution in [0.4, 0.5) is 5.69 Å². The largest absolute Gasteiger partial charge is 0.377 e. The van der Waals surface area contributed by atoms with Crippen LogP contribution in [0.1, 0.15) is 16.7 Å². The van der Waals surface area contributed by atoms with Crippen LogP contribution in [-0.2, 0) is 10.1 Å². The molecule has 3 aromatic rings. The number of rotatable bonds is 5. The molecule has 0 saturated heterocycles. The maximum atomic E-state index is 12.5. The lowest BCUT2D eigenvalue weighted by Gasteiger charge is -2.11. The third-order valence-corrected chi connectivity index (χ3v) is 6.59. The van der Waals surface area contributed by atoms with Gasteiger partial charge in [-0.15, -0.1) is 0 Å². The number of hydrogen-bond acceptors (Lipinski definition) is 4. The summed E-state index contributed by atoms with van der Waals surface area (Å²) in [6, 6.07) is 17.5. The van der Waals surface area contributed by atoms with Gasteiger partial charge in [0.15, 0.2) is 5.75 Å². The molecule has 0 saturated carbocycles. The molecule has 28 heavy (non-hydrogen) atoms. The van der Waals surface area contributed by atoms with E-state index < -0.39 is 10.1 Å². The first-order valence-electron chi connectivity index (χ1n) is 8.37. The van der Waals surface area contributed by atoms with Gasteiger partial charge in [-0.05, 0) is 92.7 Å². The molecule has 0 heterocycles. The molecule has 0 aromatic heterocycles. The SMILES string of the molecule is Cc1cccc(N=Cc2cc(Br)c(OS(=O)(=O)c3ccccc3)c(Br)c2)c1C. The number of aryl methyl sites for hydroxylation is 1. The van der Waals surface area contributed by atoms with Gasteiger partial charge in [-0.3, -0.25) is 4.99 Å². The number of benzene rings is 3. The zero-order valence-corrected chi connectivity index (χ0v) is 19.2. The van der Waals surface area contributed by atoms with Crippen LogP contribution in [0, 0.1) is 13.8 Å². The van der Waals surface area contributed by atoms with E-state index in [0.717, 1.165) is 16.8 Å². The topological polar surface area (TPSA) is 55.7 Å². The lowest BCUT2D eigenvalue weighted by atomic mass is 10.1. The fraction of sp³-hybridized carbons (Fsp3) is 0.0952. The Morgan fingerprint density at radius 2 is 1.57 bits per heavy atom. The molecule has 0 bridgehead atoms. The van der Waals surface area contributed by atoms with Gasteiger partial charge in [0.05, 0.1) is 14.6 Å². The van der Waals surface area contributed by atoms with Gasteiger partial charge in [0, 0.05) is 6.21 Å². The smallest absolute Gasteiger partial charge is 0.339 e. The van der Waals surface area contributed by atoms with E-state index in [1.807, 2.05) is 32.0 Å². The molecule has 0 amide bonds. The second-order valence-electron chi connectivity index (χ2n) is 6.14. The van der Waals surface area contributed by atoms with E-state index in [0.29, 0.717) is 8.95 Å². The quantitative estimate of drug-likeness (QED) is 0.290. The minimum absolute atomic E-state index is 0.0920. The summed E-state index contributed by atoms with van der Waals surface area (Å²) in [4.78, 5) is 4.64. The standard InChI is InChI=1S/C21H17Br2NO3S/c1-14-7-6-10-20(15(14)2)24-13-16-11-18(22)21(19(23)12-16)27-28(25,26)17-8-4-3-5-9-17/h3-13H,1-2H3. The first kappa shape index (κ1) is 20.8. The Hall–Kier alpha value is -1.96. The molecule has 0 atom stereocenters. The van der Waals surface area contributed by atoms with E-state index in [9.17, 15) is 8.42 Å². The molecule has 0 N–H and O–H groups in total. The van der Waals surface area contributed by atoms with E-state index in [1.54, 1.807) is 36.5 Å². The average Bonchev–Trinajstić information content (AvgIpc) is 2.66. The van der Waals surface area contributed by atoms with Crippen molar-refractivity contribution in [1.29, 1.82) is 0 Å². The van der Waals surface area contributed by atoms with Crippen molar-refractivity contribution < 1.29 is 12.6 Å². The number of hydrogen-bond donors (Lipinski definition) is 0. The fourth-order valence-electron chi connectivity index (χ4n) is 2.50. The second-order valence-corrected chi connectivity index (χ2v) is 9.40. The van der Waals surface area contributed by atoms with Crippen LogP contribution in [0.15, 0.2) is 79.5 Å². The highest BCUT2D eigenvalue weighted by Gasteiger charge is 2.20. The van der Waals surface area contributed by atoms with E-state index in [1.165, 1.54) is 17.7 Å². The summed E-state index contributed by atoms with van der Waals surface area (Å²) in [5.74, 6) is 0.188. The second kappa shape index (κ2) is 8.59. The monoisotopic (exact) mass is 521 g/mol. The molecule has 4 nitrogen and oxygen atoms in total. The summed E-state index contributed by atoms with van der Waals surface area (Å²) >= 11 is 6.79. The number of aliphatic imine (C=N–C) groups is 1. The highest BCUT2D eigenvalue weighted by Crippen LogP contribution is 2.36. The number of nitrogens with zero attached hydrogens (tertiary/aromatic N) is 1. The molecular formula is C21H17Br2NO3S. The van der Waals surface area contributed by atoms with Crippen molar-refractivity contribution in [2.75, 3.05) is 0 Å². The lowest BCUT2D eigenvalue weighted by Crippen LogP contribution is -2.10. The van der Waals surface area contributed by atoms with Crippen LogP contribution < -0.4 is 4.18 Å². The molecule has 0 aliphatic heterocycles. The van der Waals surface area contributed by atoms with Gasteiger partial charge >= 0.3 is 10.1 Å². The zero-order valence-electron chi connectivity index (χ0n) is 15.2. The molecule has 144 valence electrons. The van der Waals surface area contributed by atoms with Crippen LogP contribution in [0.5, 0.6) is 5.75 Å². The summed E-state index contributed by atoms with van der Waals surface area (Å²) in [6.07, 6.45) is 1.73. The summed E-state index contributed by atoms with van der Waals surface area (Å²) in [5, 5.41) is 0. The van der Waals surface area contributed by atoms with E-state index in [4.69, 9.17) is 4.18 Å². The molecule has 3 rings (SSSR count). The highest BCUT2D eigenvalue weighted by atomic mass is 79.9. The Balaban J connectivity index is 1.89. The average molecular weight is 523 g/mol. The molecule has 0 aliphatic rings. The normalized spacial score (nSPS) is 11.7. The lowest BCUT2D eigenvalue weighted by molar-refractivity contribution is 0.483. The third-order valence-electron chi connectivity index (χ3n) is 4.17. The van der Waals surface area contributed by atoms with Gasteiger partial charge < -0.3 is 4.18 Å². The molecule has 0 spiro atoms. The van der Waals surface area contributed by atoms with Gasteiger partial charge in [0.2, 0.25) is 0 Å². The van der Waals surface area contributed by atoms with Gasteiger partial charge in [-0.2, -0.15) is 8.42 Å². The minimum atomic E-state index is -3.93. The van der Waals surface area contributed by atoms with Crippen molar-refractivity contribution in [2.24, 2.45) is 4.99 Å². The van der Waals surface area contributed by atoms with Crippen molar-refractivity contribution in [1.82, 2.24) is 0 Å². The Morgan fingerprint density at radius 3 is 2.21 bits per heavy atom. The van der Waals surface area contributed by atoms with Gasteiger partial charge in [-0.25, -0.2) is 0 Å². The molecule has 0 radical (unpaired) electrons. The summed E-state index contributed by atoms with van der Waals surface area (Å²) in [5.41, 5.74) is 3.97. The van der Waals surface area contributed by atoms with Crippen molar-refractivity contribution >= 4 is 53.9 Å². The van der Waals surface area contributed by atoms with Crippen LogP contribution >= 0.6 is 31.9 Å². The maximum absolute atomic E-state index is 12.5. The Labute approximate surface area is 181 Å². The first-order valence-corrected chi connectivity index (χ1v) is 11.4. The molecular weight excluding hydrogens is 506 g/mol. The maximum Gasteiger partial charge on any atom is 0.339 e. The Bertz CT molecular complexity index is 1120. The highest BCUT2D eigenvalue weighted by molar-refractivity contribution is 9.11. The minimum Gasteiger partial charge on any atom is -0.377 e. The van der Waals surface area contributed by atoms with Gasteiger partial charge in [-0.1, -0.05) is 30.3 Å². The van der Waals surface area contributed by atoms with Crippen LogP contribution in [0.3, 0.4) is 0 Å². The van der Waals surface area contributed by atoms with Gasteiger partial charge in [0.25, 0.3) is 0 Å². The van der Waals surface area contributed by atoms with Crippen LogP contribution in [0.2, 0.25) is 0 Å². The van der Waals surface area contributed by atoms with Crippen molar-refractivity contribution in [3.63, 3.8) is 0 Å². The fourth-order valence-corrected chi connectivity index (χ4v) is 5.08. The Kier molecular flexibility index (Phi) is 6.37. The van der Waals surface area contributed by atoms with Crippen LogP contribution in [-0.4, -0.2) is 14.6 Å².